The van der Waals surface area contributed by atoms with Crippen LogP contribution < -0.4 is 9.80 Å². The van der Waals surface area contributed by atoms with Gasteiger partial charge in [-0.25, -0.2) is 0 Å². The lowest BCUT2D eigenvalue weighted by Crippen LogP contribution is -2.23. The molecule has 0 saturated carbocycles. The number of hydrogen-bond acceptors (Lipinski definition) is 3. The van der Waals surface area contributed by atoms with Crippen molar-refractivity contribution in [2.75, 3.05) is 16.3 Å². The van der Waals surface area contributed by atoms with Crippen LogP contribution in [-0.2, 0) is 6.42 Å². The minimum Gasteiger partial charge on any atom is -0.337 e. The molecule has 0 aliphatic carbocycles. The van der Waals surface area contributed by atoms with E-state index in [1.165, 1.54) is 49.5 Å². The van der Waals surface area contributed by atoms with Crippen LogP contribution in [0.5, 0.6) is 0 Å². The van der Waals surface area contributed by atoms with Gasteiger partial charge in [0, 0.05) is 74.5 Å². The van der Waals surface area contributed by atoms with E-state index >= 15 is 0 Å². The third-order valence-electron chi connectivity index (χ3n) is 14.3. The van der Waals surface area contributed by atoms with Crippen LogP contribution in [0.4, 0.5) is 22.7 Å². The number of rotatable bonds is 14. The normalized spacial score (nSPS) is 15.0. The maximum atomic E-state index is 5.23. The SMILES string of the molecule is C=C/C1=C(\C=C/C)N(c2cc(-c3ccc(-c4c(C)nc(C)c(-c5ccc(N(c6ccccc6)c6cccc7ccccc67)cc5)c4C)cc3)cc(-n3cc(CCC=C/C=C\C)c4ccccc43)c2)C/C=C\C=C/C1. The molecule has 7 aromatic carbocycles. The highest BCUT2D eigenvalue weighted by Gasteiger charge is 2.21. The fourth-order valence-corrected chi connectivity index (χ4v) is 10.8. The molecule has 364 valence electrons. The van der Waals surface area contributed by atoms with Crippen molar-refractivity contribution in [3.05, 3.63) is 277 Å². The zero-order valence-corrected chi connectivity index (χ0v) is 43.3. The van der Waals surface area contributed by atoms with Crippen molar-refractivity contribution >= 4 is 44.4 Å². The molecular weight excluding hydrogens is 897 g/mol. The first kappa shape index (κ1) is 48.9. The van der Waals surface area contributed by atoms with Crippen LogP contribution in [0.1, 0.15) is 49.2 Å². The minimum atomic E-state index is 0.707. The summed E-state index contributed by atoms with van der Waals surface area (Å²) in [5, 5.41) is 3.71. The van der Waals surface area contributed by atoms with Gasteiger partial charge in [-0.2, -0.15) is 0 Å². The van der Waals surface area contributed by atoms with Crippen LogP contribution in [0.15, 0.2) is 255 Å². The maximum Gasteiger partial charge on any atom is 0.0540 e. The fourth-order valence-electron chi connectivity index (χ4n) is 10.8. The highest BCUT2D eigenvalue weighted by atomic mass is 15.1. The Hall–Kier alpha value is -8.73. The molecule has 2 aromatic heterocycles. The van der Waals surface area contributed by atoms with E-state index in [9.17, 15) is 0 Å². The van der Waals surface area contributed by atoms with E-state index in [2.05, 4.69) is 286 Å². The predicted octanol–water partition coefficient (Wildman–Crippen LogP) is 19.0. The molecule has 0 bridgehead atoms. The van der Waals surface area contributed by atoms with Gasteiger partial charge in [-0.1, -0.05) is 177 Å². The number of anilines is 4. The molecule has 0 radical (unpaired) electrons. The fraction of sp³-hybridized carbons (Fsp3) is 0.129. The van der Waals surface area contributed by atoms with Gasteiger partial charge < -0.3 is 14.4 Å². The van der Waals surface area contributed by atoms with E-state index in [0.717, 1.165) is 87.0 Å². The molecule has 3 heterocycles. The topological polar surface area (TPSA) is 24.3 Å². The van der Waals surface area contributed by atoms with E-state index in [1.54, 1.807) is 0 Å². The Bertz CT molecular complexity index is 3660. The second-order valence-corrected chi connectivity index (χ2v) is 19.0. The number of fused-ring (bicyclic) bond motifs is 2. The summed E-state index contributed by atoms with van der Waals surface area (Å²) >= 11 is 0. The monoisotopic (exact) mass is 961 g/mol. The molecular formula is C70H64N4. The van der Waals surface area contributed by atoms with E-state index in [1.807, 2.05) is 6.08 Å². The van der Waals surface area contributed by atoms with Gasteiger partial charge in [0.15, 0.2) is 0 Å². The number of pyridine rings is 1. The van der Waals surface area contributed by atoms with Gasteiger partial charge in [-0.15, -0.1) is 0 Å². The molecule has 0 amide bonds. The van der Waals surface area contributed by atoms with E-state index in [0.29, 0.717) is 6.54 Å². The largest absolute Gasteiger partial charge is 0.337 e. The third kappa shape index (κ3) is 10.0. The number of aromatic nitrogens is 2. The summed E-state index contributed by atoms with van der Waals surface area (Å²) in [6.07, 6.45) is 28.8. The zero-order chi connectivity index (χ0) is 51.0. The van der Waals surface area contributed by atoms with Crippen molar-refractivity contribution in [1.29, 1.82) is 0 Å². The van der Waals surface area contributed by atoms with E-state index in [4.69, 9.17) is 4.98 Å². The highest BCUT2D eigenvalue weighted by molar-refractivity contribution is 5.99. The van der Waals surface area contributed by atoms with Gasteiger partial charge in [0.25, 0.3) is 0 Å². The molecule has 0 unspecified atom stereocenters. The molecule has 1 aliphatic heterocycles. The summed E-state index contributed by atoms with van der Waals surface area (Å²) in [6.45, 7) is 15.7. The van der Waals surface area contributed by atoms with Gasteiger partial charge in [0.05, 0.1) is 11.2 Å². The van der Waals surface area contributed by atoms with Crippen molar-refractivity contribution in [2.24, 2.45) is 0 Å². The highest BCUT2D eigenvalue weighted by Crippen LogP contribution is 2.42. The molecule has 9 aromatic rings. The Morgan fingerprint density at radius 3 is 2.00 bits per heavy atom. The maximum absolute atomic E-state index is 5.23. The summed E-state index contributed by atoms with van der Waals surface area (Å²) in [7, 11) is 0. The molecule has 0 atom stereocenters. The van der Waals surface area contributed by atoms with Crippen LogP contribution in [0.2, 0.25) is 0 Å². The minimum absolute atomic E-state index is 0.707. The van der Waals surface area contributed by atoms with Crippen LogP contribution in [0, 0.1) is 20.8 Å². The molecule has 1 aliphatic rings. The molecule has 10 rings (SSSR count). The lowest BCUT2D eigenvalue weighted by atomic mass is 9.90. The number of aryl methyl sites for hydroxylation is 3. The summed E-state index contributed by atoms with van der Waals surface area (Å²) in [6, 6.07) is 59.8. The second kappa shape index (κ2) is 22.4. The molecule has 4 nitrogen and oxygen atoms in total. The molecule has 0 spiro atoms. The molecule has 4 heteroatoms. The van der Waals surface area contributed by atoms with Crippen molar-refractivity contribution in [1.82, 2.24) is 9.55 Å². The number of para-hydroxylation sites is 2. The van der Waals surface area contributed by atoms with Crippen LogP contribution in [-0.4, -0.2) is 16.1 Å². The number of allylic oxidation sites excluding steroid dienone is 11. The van der Waals surface area contributed by atoms with Crippen molar-refractivity contribution < 1.29 is 0 Å². The summed E-state index contributed by atoms with van der Waals surface area (Å²) < 4.78 is 2.39. The Balaban J connectivity index is 1.05. The first-order valence-electron chi connectivity index (χ1n) is 26.0. The number of hydrogen-bond donors (Lipinski definition) is 0. The molecule has 74 heavy (non-hydrogen) atoms. The Labute approximate surface area is 438 Å². The Kier molecular flexibility index (Phi) is 14.8. The quantitative estimate of drug-likeness (QED) is 0.102. The Morgan fingerprint density at radius 2 is 1.26 bits per heavy atom. The Morgan fingerprint density at radius 1 is 0.608 bits per heavy atom. The van der Waals surface area contributed by atoms with Gasteiger partial charge in [0.1, 0.15) is 0 Å². The standard InChI is InChI=1S/C70H64N4/c1-7-10-11-12-17-29-58-49-73(67-35-23-22-34-65(58)67)63-47-59(46-62(48-63)72-45-24-14-13-16-27-53(9-3)66(72)26-8-2)54-37-39-56(40-38-54)69-50(4)70(52(6)71-51(69)5)57-41-43-61(44-42-57)74(60-31-18-15-19-32-60)68-36-25-30-55-28-20-21-33-64(55)68/h7-16,18-26,28,30-44,46-49H,3,17,27,29,45H2,1-2,4-6H3/b10-7-,12-11?,16-13-,24-14-,26-8-,66-53-. The summed E-state index contributed by atoms with van der Waals surface area (Å²) in [5.41, 5.74) is 20.6. The van der Waals surface area contributed by atoms with Gasteiger partial charge in [0.2, 0.25) is 0 Å². The van der Waals surface area contributed by atoms with Crippen molar-refractivity contribution in [3.63, 3.8) is 0 Å². The van der Waals surface area contributed by atoms with E-state index in [-0.39, 0.29) is 0 Å². The zero-order valence-electron chi connectivity index (χ0n) is 43.3. The molecule has 0 N–H and O–H groups in total. The number of benzene rings is 7. The van der Waals surface area contributed by atoms with Crippen LogP contribution in [0.25, 0.3) is 60.7 Å². The van der Waals surface area contributed by atoms with Gasteiger partial charge in [-0.3, -0.25) is 4.98 Å². The summed E-state index contributed by atoms with van der Waals surface area (Å²) in [5.74, 6) is 0. The second-order valence-electron chi connectivity index (χ2n) is 19.0. The van der Waals surface area contributed by atoms with Crippen molar-refractivity contribution in [2.45, 2.75) is 53.9 Å². The van der Waals surface area contributed by atoms with Crippen LogP contribution >= 0.6 is 0 Å². The molecule has 0 saturated heterocycles. The first-order valence-corrected chi connectivity index (χ1v) is 26.0. The summed E-state index contributed by atoms with van der Waals surface area (Å²) in [4.78, 5) is 10.0. The lowest BCUT2D eigenvalue weighted by molar-refractivity contribution is 0.991. The smallest absolute Gasteiger partial charge is 0.0540 e. The number of nitrogens with zero attached hydrogens (tertiary/aromatic N) is 4. The average molecular weight is 961 g/mol. The predicted molar refractivity (Wildman–Crippen MR) is 318 cm³/mol. The van der Waals surface area contributed by atoms with Crippen molar-refractivity contribution in [3.8, 4) is 39.1 Å². The van der Waals surface area contributed by atoms with Crippen LogP contribution in [0.3, 0.4) is 0 Å². The third-order valence-corrected chi connectivity index (χ3v) is 14.3. The lowest BCUT2D eigenvalue weighted by Gasteiger charge is -2.28. The molecule has 0 fully saturated rings. The van der Waals surface area contributed by atoms with Gasteiger partial charge >= 0.3 is 0 Å². The first-order chi connectivity index (χ1) is 36.3. The average Bonchev–Trinajstić information content (AvgIpc) is 3.84. The van der Waals surface area contributed by atoms with E-state index < -0.39 is 0 Å². The van der Waals surface area contributed by atoms with Gasteiger partial charge in [-0.05, 0) is 159 Å².